The molecular formula is C14H18N2O2S. The molecule has 0 aliphatic heterocycles. The molecule has 19 heavy (non-hydrogen) atoms. The van der Waals surface area contributed by atoms with Crippen LogP contribution in [0.1, 0.15) is 29.2 Å². The molecule has 4 nitrogen and oxygen atoms in total. The standard InChI is InChI=1S/C14H18N2O2S/c1-9(15)11-4-5-13(14(6-11)17-3)18-7-12-8-19-10(2)16-12/h4-6,8-9H,7,15H2,1-3H3/t9-/m0/s1. The van der Waals surface area contributed by atoms with Crippen LogP contribution in [0.3, 0.4) is 0 Å². The monoisotopic (exact) mass is 278 g/mol. The van der Waals surface area contributed by atoms with Crippen LogP contribution in [0.4, 0.5) is 0 Å². The lowest BCUT2D eigenvalue weighted by molar-refractivity contribution is 0.281. The van der Waals surface area contributed by atoms with Crippen molar-refractivity contribution in [3.05, 3.63) is 39.8 Å². The van der Waals surface area contributed by atoms with Gasteiger partial charge in [0.15, 0.2) is 11.5 Å². The highest BCUT2D eigenvalue weighted by Crippen LogP contribution is 2.30. The van der Waals surface area contributed by atoms with Gasteiger partial charge in [-0.15, -0.1) is 11.3 Å². The predicted octanol–water partition coefficient (Wildman–Crippen LogP) is 3.06. The van der Waals surface area contributed by atoms with Crippen molar-refractivity contribution in [3.8, 4) is 11.5 Å². The number of ether oxygens (including phenoxy) is 2. The van der Waals surface area contributed by atoms with Crippen LogP contribution >= 0.6 is 11.3 Å². The van der Waals surface area contributed by atoms with E-state index < -0.39 is 0 Å². The maximum Gasteiger partial charge on any atom is 0.161 e. The SMILES string of the molecule is COc1cc([C@H](C)N)ccc1OCc1csc(C)n1. The Labute approximate surface area is 117 Å². The van der Waals surface area contributed by atoms with Crippen LogP contribution in [0, 0.1) is 6.92 Å². The number of hydrogen-bond acceptors (Lipinski definition) is 5. The highest BCUT2D eigenvalue weighted by Gasteiger charge is 2.09. The molecule has 2 rings (SSSR count). The zero-order valence-corrected chi connectivity index (χ0v) is 12.2. The molecule has 1 heterocycles. The Morgan fingerprint density at radius 3 is 2.74 bits per heavy atom. The summed E-state index contributed by atoms with van der Waals surface area (Å²) in [4.78, 5) is 4.36. The second-order valence-corrected chi connectivity index (χ2v) is 5.41. The van der Waals surface area contributed by atoms with Crippen molar-refractivity contribution in [1.29, 1.82) is 0 Å². The van der Waals surface area contributed by atoms with Gasteiger partial charge >= 0.3 is 0 Å². The highest BCUT2D eigenvalue weighted by molar-refractivity contribution is 7.09. The molecule has 102 valence electrons. The molecule has 1 aromatic carbocycles. The third kappa shape index (κ3) is 3.45. The second-order valence-electron chi connectivity index (χ2n) is 4.35. The lowest BCUT2D eigenvalue weighted by atomic mass is 10.1. The summed E-state index contributed by atoms with van der Waals surface area (Å²) in [5.74, 6) is 1.40. The van der Waals surface area contributed by atoms with Crippen molar-refractivity contribution in [2.45, 2.75) is 26.5 Å². The van der Waals surface area contributed by atoms with Crippen LogP contribution in [0.5, 0.6) is 11.5 Å². The number of hydrogen-bond donors (Lipinski definition) is 1. The molecule has 0 bridgehead atoms. The van der Waals surface area contributed by atoms with Gasteiger partial charge in [-0.3, -0.25) is 0 Å². The minimum atomic E-state index is -0.0239. The van der Waals surface area contributed by atoms with E-state index in [1.54, 1.807) is 18.4 Å². The normalized spacial score (nSPS) is 12.2. The lowest BCUT2D eigenvalue weighted by Crippen LogP contribution is -2.05. The van der Waals surface area contributed by atoms with E-state index >= 15 is 0 Å². The van der Waals surface area contributed by atoms with Crippen molar-refractivity contribution in [2.24, 2.45) is 5.73 Å². The second kappa shape index (κ2) is 6.04. The largest absolute Gasteiger partial charge is 0.493 e. The van der Waals surface area contributed by atoms with Crippen molar-refractivity contribution in [1.82, 2.24) is 4.98 Å². The van der Waals surface area contributed by atoms with E-state index in [1.165, 1.54) is 0 Å². The van der Waals surface area contributed by atoms with E-state index in [0.29, 0.717) is 18.1 Å². The molecule has 0 unspecified atom stereocenters. The fourth-order valence-electron chi connectivity index (χ4n) is 1.71. The average molecular weight is 278 g/mol. The molecule has 0 fully saturated rings. The number of nitrogens with zero attached hydrogens (tertiary/aromatic N) is 1. The lowest BCUT2D eigenvalue weighted by Gasteiger charge is -2.13. The van der Waals surface area contributed by atoms with Gasteiger partial charge < -0.3 is 15.2 Å². The van der Waals surface area contributed by atoms with Crippen LogP contribution in [0.2, 0.25) is 0 Å². The van der Waals surface area contributed by atoms with E-state index in [4.69, 9.17) is 15.2 Å². The Balaban J connectivity index is 2.11. The summed E-state index contributed by atoms with van der Waals surface area (Å²) >= 11 is 1.62. The smallest absolute Gasteiger partial charge is 0.161 e. The first-order chi connectivity index (χ1) is 9.10. The Morgan fingerprint density at radius 1 is 1.37 bits per heavy atom. The molecule has 0 spiro atoms. The van der Waals surface area contributed by atoms with Crippen molar-refractivity contribution in [2.75, 3.05) is 7.11 Å². The Hall–Kier alpha value is -1.59. The molecular weight excluding hydrogens is 260 g/mol. The Morgan fingerprint density at radius 2 is 2.16 bits per heavy atom. The van der Waals surface area contributed by atoms with Crippen LogP contribution in [-0.4, -0.2) is 12.1 Å². The summed E-state index contributed by atoms with van der Waals surface area (Å²) in [6.07, 6.45) is 0. The molecule has 0 aliphatic rings. The molecule has 0 saturated heterocycles. The third-order valence-corrected chi connectivity index (χ3v) is 3.58. The number of aromatic nitrogens is 1. The minimum Gasteiger partial charge on any atom is -0.493 e. The molecule has 0 radical (unpaired) electrons. The van der Waals surface area contributed by atoms with Crippen molar-refractivity contribution < 1.29 is 9.47 Å². The van der Waals surface area contributed by atoms with Gasteiger partial charge in [-0.1, -0.05) is 6.07 Å². The molecule has 1 aromatic heterocycles. The van der Waals surface area contributed by atoms with E-state index in [0.717, 1.165) is 16.3 Å². The zero-order chi connectivity index (χ0) is 13.8. The van der Waals surface area contributed by atoms with Gasteiger partial charge in [0, 0.05) is 11.4 Å². The van der Waals surface area contributed by atoms with E-state index in [-0.39, 0.29) is 6.04 Å². The summed E-state index contributed by atoms with van der Waals surface area (Å²) in [6, 6.07) is 5.72. The fraction of sp³-hybridized carbons (Fsp3) is 0.357. The number of thiazole rings is 1. The number of rotatable bonds is 5. The van der Waals surface area contributed by atoms with Gasteiger partial charge in [-0.25, -0.2) is 4.98 Å². The Bertz CT molecular complexity index is 552. The first-order valence-electron chi connectivity index (χ1n) is 6.07. The summed E-state index contributed by atoms with van der Waals surface area (Å²) in [6.45, 7) is 4.36. The van der Waals surface area contributed by atoms with Gasteiger partial charge in [-0.05, 0) is 31.5 Å². The van der Waals surface area contributed by atoms with Gasteiger partial charge in [-0.2, -0.15) is 0 Å². The molecule has 0 amide bonds. The average Bonchev–Trinajstić information content (AvgIpc) is 2.81. The van der Waals surface area contributed by atoms with Crippen LogP contribution in [0.15, 0.2) is 23.6 Å². The zero-order valence-electron chi connectivity index (χ0n) is 11.3. The maximum atomic E-state index is 5.85. The summed E-state index contributed by atoms with van der Waals surface area (Å²) in [5, 5.41) is 3.04. The van der Waals surface area contributed by atoms with Crippen LogP contribution < -0.4 is 15.2 Å². The summed E-state index contributed by atoms with van der Waals surface area (Å²) < 4.78 is 11.1. The van der Waals surface area contributed by atoms with Crippen molar-refractivity contribution >= 4 is 11.3 Å². The van der Waals surface area contributed by atoms with E-state index in [2.05, 4.69) is 4.98 Å². The summed E-state index contributed by atoms with van der Waals surface area (Å²) in [7, 11) is 1.63. The molecule has 0 saturated carbocycles. The van der Waals surface area contributed by atoms with Crippen LogP contribution in [-0.2, 0) is 6.61 Å². The first kappa shape index (κ1) is 13.8. The molecule has 2 aromatic rings. The number of aryl methyl sites for hydroxylation is 1. The Kier molecular flexibility index (Phi) is 4.39. The third-order valence-electron chi connectivity index (χ3n) is 2.76. The maximum absolute atomic E-state index is 5.85. The quantitative estimate of drug-likeness (QED) is 0.913. The van der Waals surface area contributed by atoms with E-state index in [1.807, 2.05) is 37.4 Å². The number of methoxy groups -OCH3 is 1. The van der Waals surface area contributed by atoms with Gasteiger partial charge in [0.1, 0.15) is 6.61 Å². The first-order valence-corrected chi connectivity index (χ1v) is 6.95. The molecule has 2 N–H and O–H groups in total. The fourth-order valence-corrected chi connectivity index (χ4v) is 2.31. The van der Waals surface area contributed by atoms with Gasteiger partial charge in [0.2, 0.25) is 0 Å². The number of benzene rings is 1. The summed E-state index contributed by atoms with van der Waals surface area (Å²) in [5.41, 5.74) is 7.80. The minimum absolute atomic E-state index is 0.0239. The van der Waals surface area contributed by atoms with Crippen LogP contribution in [0.25, 0.3) is 0 Å². The predicted molar refractivity (Wildman–Crippen MR) is 76.8 cm³/mol. The van der Waals surface area contributed by atoms with Gasteiger partial charge in [0.05, 0.1) is 17.8 Å². The van der Waals surface area contributed by atoms with E-state index in [9.17, 15) is 0 Å². The topological polar surface area (TPSA) is 57.4 Å². The number of nitrogens with two attached hydrogens (primary N) is 1. The molecule has 0 aliphatic carbocycles. The molecule has 1 atom stereocenters. The highest BCUT2D eigenvalue weighted by atomic mass is 32.1. The molecule has 5 heteroatoms. The van der Waals surface area contributed by atoms with Gasteiger partial charge in [0.25, 0.3) is 0 Å². The van der Waals surface area contributed by atoms with Crippen molar-refractivity contribution in [3.63, 3.8) is 0 Å².